The van der Waals surface area contributed by atoms with Gasteiger partial charge in [-0.25, -0.2) is 8.96 Å². The van der Waals surface area contributed by atoms with Crippen molar-refractivity contribution in [1.82, 2.24) is 9.55 Å². The van der Waals surface area contributed by atoms with E-state index in [1.165, 1.54) is 7.11 Å². The standard InChI is InChI=1S/C18H18FN2O10PS/c1-27-11-4-2-3-9-7-28-32(26,31-13(9)11)29-8-18(19)14(24)12(23)16(30-18)21-5-10(6-22)15(25)20-17(21)33/h2-6,12,14,16,23-24H,7-8H2,1H3,(H,20,25,33)/t12-,14+,16-,18-,32?/m1/s1. The van der Waals surface area contributed by atoms with Crippen LogP contribution in [0.3, 0.4) is 0 Å². The number of nitrogens with zero attached hydrogens (tertiary/aromatic N) is 1. The van der Waals surface area contributed by atoms with Gasteiger partial charge in [0.15, 0.2) is 28.8 Å². The highest BCUT2D eigenvalue weighted by molar-refractivity contribution is 7.71. The number of halogens is 1. The van der Waals surface area contributed by atoms with E-state index in [-0.39, 0.29) is 34.7 Å². The van der Waals surface area contributed by atoms with Gasteiger partial charge in [0.05, 0.1) is 19.3 Å². The highest BCUT2D eigenvalue weighted by Gasteiger charge is 2.57. The van der Waals surface area contributed by atoms with Crippen LogP contribution >= 0.6 is 20.0 Å². The molecule has 5 atom stereocenters. The van der Waals surface area contributed by atoms with Gasteiger partial charge in [0, 0.05) is 11.8 Å². The fourth-order valence-electron chi connectivity index (χ4n) is 3.32. The Morgan fingerprint density at radius 3 is 2.91 bits per heavy atom. The number of phosphoric ester groups is 1. The number of aromatic nitrogens is 2. The van der Waals surface area contributed by atoms with Gasteiger partial charge in [-0.15, -0.1) is 0 Å². The minimum absolute atomic E-state index is 0.0919. The smallest absolute Gasteiger partial charge is 0.493 e. The highest BCUT2D eigenvalue weighted by atomic mass is 32.1. The Morgan fingerprint density at radius 1 is 1.45 bits per heavy atom. The topological polar surface area (TPSA) is 159 Å². The molecular formula is C18H18FN2O10PS. The zero-order chi connectivity index (χ0) is 24.0. The van der Waals surface area contributed by atoms with Crippen molar-refractivity contribution in [2.45, 2.75) is 30.9 Å². The maximum Gasteiger partial charge on any atom is 0.530 e. The lowest BCUT2D eigenvalue weighted by atomic mass is 10.1. The Bertz CT molecular complexity index is 1240. The number of methoxy groups -OCH3 is 1. The molecule has 0 radical (unpaired) electrons. The van der Waals surface area contributed by atoms with Crippen LogP contribution in [0.5, 0.6) is 11.5 Å². The SMILES string of the molecule is COc1cccc2c1OP(=O)(OC[C@@]1(F)O[C@@H](n3cc(C=O)c(=O)[nH]c3=S)[C@H](O)[C@@H]1O)OC2. The van der Waals surface area contributed by atoms with E-state index in [9.17, 15) is 24.4 Å². The van der Waals surface area contributed by atoms with Gasteiger partial charge in [-0.1, -0.05) is 12.1 Å². The summed E-state index contributed by atoms with van der Waals surface area (Å²) in [5, 5.41) is 20.6. The van der Waals surface area contributed by atoms with Crippen LogP contribution in [0.4, 0.5) is 4.39 Å². The van der Waals surface area contributed by atoms with Crippen LogP contribution in [0.2, 0.25) is 0 Å². The van der Waals surface area contributed by atoms with E-state index in [1.807, 2.05) is 0 Å². The third-order valence-electron chi connectivity index (χ3n) is 5.05. The minimum atomic E-state index is -4.36. The third kappa shape index (κ3) is 4.26. The number of nitrogens with one attached hydrogen (secondary N) is 1. The fraction of sp³-hybridized carbons (Fsp3) is 0.389. The first-order chi connectivity index (χ1) is 15.6. The first-order valence-electron chi connectivity index (χ1n) is 9.39. The molecule has 2 aliphatic heterocycles. The second-order valence-electron chi connectivity index (χ2n) is 7.13. The largest absolute Gasteiger partial charge is 0.530 e. The monoisotopic (exact) mass is 504 g/mol. The van der Waals surface area contributed by atoms with Crippen molar-refractivity contribution in [1.29, 1.82) is 0 Å². The molecule has 0 bridgehead atoms. The molecule has 1 aromatic carbocycles. The van der Waals surface area contributed by atoms with Crippen molar-refractivity contribution in [3.05, 3.63) is 50.6 Å². The number of benzene rings is 1. The van der Waals surface area contributed by atoms with Crippen LogP contribution in [0.25, 0.3) is 0 Å². The molecule has 178 valence electrons. The molecule has 0 spiro atoms. The second kappa shape index (κ2) is 8.72. The van der Waals surface area contributed by atoms with Gasteiger partial charge >= 0.3 is 7.82 Å². The number of H-pyrrole nitrogens is 1. The third-order valence-corrected chi connectivity index (χ3v) is 6.66. The van der Waals surface area contributed by atoms with Crippen LogP contribution in [0, 0.1) is 4.77 Å². The molecule has 2 aliphatic rings. The molecule has 4 rings (SSSR count). The first kappa shape index (κ1) is 23.7. The molecular weight excluding hydrogens is 486 g/mol. The molecule has 1 aromatic heterocycles. The number of aldehydes is 1. The Balaban J connectivity index is 1.55. The number of phosphoric acid groups is 1. The van der Waals surface area contributed by atoms with Crippen LogP contribution in [0.1, 0.15) is 22.1 Å². The Kier molecular flexibility index (Phi) is 6.26. The number of alkyl halides is 1. The van der Waals surface area contributed by atoms with Crippen molar-refractivity contribution in [2.75, 3.05) is 13.7 Å². The van der Waals surface area contributed by atoms with Crippen molar-refractivity contribution >= 4 is 26.3 Å². The predicted octanol–water partition coefficient (Wildman–Crippen LogP) is 1.38. The zero-order valence-electron chi connectivity index (χ0n) is 16.9. The quantitative estimate of drug-likeness (QED) is 0.296. The molecule has 33 heavy (non-hydrogen) atoms. The van der Waals surface area contributed by atoms with Crippen LogP contribution in [0.15, 0.2) is 29.2 Å². The maximum atomic E-state index is 15.4. The molecule has 15 heteroatoms. The van der Waals surface area contributed by atoms with Crippen LogP contribution < -0.4 is 14.8 Å². The molecule has 0 aliphatic carbocycles. The van der Waals surface area contributed by atoms with Crippen molar-refractivity contribution in [2.24, 2.45) is 0 Å². The lowest BCUT2D eigenvalue weighted by molar-refractivity contribution is -0.205. The minimum Gasteiger partial charge on any atom is -0.493 e. The summed E-state index contributed by atoms with van der Waals surface area (Å²) >= 11 is 4.96. The summed E-state index contributed by atoms with van der Waals surface area (Å²) in [4.78, 5) is 24.9. The number of aliphatic hydroxyl groups excluding tert-OH is 2. The zero-order valence-corrected chi connectivity index (χ0v) is 18.6. The summed E-state index contributed by atoms with van der Waals surface area (Å²) in [5.74, 6) is -2.74. The number of fused-ring (bicyclic) bond motifs is 1. The second-order valence-corrected chi connectivity index (χ2v) is 9.11. The lowest BCUT2D eigenvalue weighted by Gasteiger charge is -2.29. The molecule has 1 fully saturated rings. The van der Waals surface area contributed by atoms with Gasteiger partial charge in [-0.05, 0) is 18.3 Å². The maximum absolute atomic E-state index is 15.4. The van der Waals surface area contributed by atoms with Crippen molar-refractivity contribution in [3.8, 4) is 11.5 Å². The molecule has 1 saturated heterocycles. The summed E-state index contributed by atoms with van der Waals surface area (Å²) in [5.41, 5.74) is -0.650. The van der Waals surface area contributed by atoms with E-state index in [0.717, 1.165) is 10.8 Å². The van der Waals surface area contributed by atoms with Gasteiger partial charge in [0.2, 0.25) is 0 Å². The Morgan fingerprint density at radius 2 is 2.21 bits per heavy atom. The first-order valence-corrected chi connectivity index (χ1v) is 11.3. The number of rotatable bonds is 6. The average molecular weight is 504 g/mol. The number of para-hydroxylation sites is 1. The van der Waals surface area contributed by atoms with E-state index in [4.69, 9.17) is 35.3 Å². The molecule has 0 amide bonds. The number of hydrogen-bond donors (Lipinski definition) is 3. The summed E-state index contributed by atoms with van der Waals surface area (Å²) < 4.78 is 54.7. The van der Waals surface area contributed by atoms with E-state index < -0.39 is 44.3 Å². The van der Waals surface area contributed by atoms with E-state index in [1.54, 1.807) is 18.2 Å². The lowest BCUT2D eigenvalue weighted by Crippen LogP contribution is -2.43. The summed E-state index contributed by atoms with van der Waals surface area (Å²) in [6.07, 6.45) is -4.56. The van der Waals surface area contributed by atoms with Gasteiger partial charge < -0.3 is 24.2 Å². The Hall–Kier alpha value is -2.45. The number of carbonyl (C=O) groups excluding carboxylic acids is 1. The van der Waals surface area contributed by atoms with E-state index in [2.05, 4.69) is 4.98 Å². The molecule has 2 aromatic rings. The number of aliphatic hydroxyl groups is 2. The normalized spacial score (nSPS) is 31.0. The molecule has 0 saturated carbocycles. The Labute approximate surface area is 190 Å². The number of hydrogen-bond acceptors (Lipinski definition) is 11. The van der Waals surface area contributed by atoms with Crippen molar-refractivity contribution < 1.29 is 47.0 Å². The fourth-order valence-corrected chi connectivity index (χ4v) is 4.81. The van der Waals surface area contributed by atoms with Gasteiger partial charge in [0.25, 0.3) is 11.4 Å². The number of carbonyl (C=O) groups is 1. The van der Waals surface area contributed by atoms with Crippen LogP contribution in [-0.4, -0.2) is 57.8 Å². The molecule has 12 nitrogen and oxygen atoms in total. The van der Waals surface area contributed by atoms with E-state index >= 15 is 4.39 Å². The number of ether oxygens (including phenoxy) is 2. The average Bonchev–Trinajstić information content (AvgIpc) is 3.02. The summed E-state index contributed by atoms with van der Waals surface area (Å²) in [6, 6.07) is 4.86. The number of aromatic amines is 1. The molecule has 1 unspecified atom stereocenters. The predicted molar refractivity (Wildman–Crippen MR) is 109 cm³/mol. The molecule has 3 heterocycles. The van der Waals surface area contributed by atoms with Crippen molar-refractivity contribution in [3.63, 3.8) is 0 Å². The van der Waals surface area contributed by atoms with E-state index in [0.29, 0.717) is 5.56 Å². The summed E-state index contributed by atoms with van der Waals surface area (Å²) in [7, 11) is -2.99. The van der Waals surface area contributed by atoms with Gasteiger partial charge in [-0.2, -0.15) is 0 Å². The van der Waals surface area contributed by atoms with Gasteiger partial charge in [-0.3, -0.25) is 28.2 Å². The highest BCUT2D eigenvalue weighted by Crippen LogP contribution is 2.57. The molecule has 3 N–H and O–H groups in total. The van der Waals surface area contributed by atoms with Crippen LogP contribution in [-0.2, 0) is 25.0 Å². The van der Waals surface area contributed by atoms with Gasteiger partial charge in [0.1, 0.15) is 18.8 Å². The summed E-state index contributed by atoms with van der Waals surface area (Å²) in [6.45, 7) is -1.35.